The molecule has 38 heavy (non-hydrogen) atoms. The van der Waals surface area contributed by atoms with Gasteiger partial charge in [-0.3, -0.25) is 0 Å². The molecule has 0 spiro atoms. The SMILES string of the molecule is CC/C=C/Cc1ccc(C(F)(F)CC)cc1.CNc1ccc(OC2(C3NC=C(Cl)C=C3Cl)COC2)c(F)c1. The van der Waals surface area contributed by atoms with E-state index < -0.39 is 17.3 Å². The minimum Gasteiger partial charge on any atom is -0.477 e. The number of nitrogens with one attached hydrogen (secondary N) is 2. The topological polar surface area (TPSA) is 42.5 Å². The van der Waals surface area contributed by atoms with Crippen LogP contribution in [0.2, 0.25) is 0 Å². The van der Waals surface area contributed by atoms with E-state index in [-0.39, 0.29) is 23.8 Å². The first-order valence-corrected chi connectivity index (χ1v) is 13.2. The predicted octanol–water partition coefficient (Wildman–Crippen LogP) is 7.89. The van der Waals surface area contributed by atoms with Gasteiger partial charge in [0.2, 0.25) is 0 Å². The molecule has 0 aromatic heterocycles. The van der Waals surface area contributed by atoms with Crippen LogP contribution in [0, 0.1) is 5.82 Å². The molecule has 0 amide bonds. The molecule has 2 heterocycles. The van der Waals surface area contributed by atoms with Crippen molar-refractivity contribution < 1.29 is 22.6 Å². The Morgan fingerprint density at radius 1 is 1.13 bits per heavy atom. The van der Waals surface area contributed by atoms with Crippen LogP contribution in [0.3, 0.4) is 0 Å². The molecule has 2 aliphatic rings. The molecule has 4 nitrogen and oxygen atoms in total. The second-order valence-corrected chi connectivity index (χ2v) is 9.92. The van der Waals surface area contributed by atoms with Crippen LogP contribution in [0.25, 0.3) is 0 Å². The molecular weight excluding hydrogens is 536 g/mol. The third-order valence-corrected chi connectivity index (χ3v) is 6.81. The van der Waals surface area contributed by atoms with E-state index in [1.54, 1.807) is 43.6 Å². The van der Waals surface area contributed by atoms with Crippen molar-refractivity contribution >= 4 is 28.9 Å². The van der Waals surface area contributed by atoms with Crippen molar-refractivity contribution in [3.05, 3.63) is 93.9 Å². The van der Waals surface area contributed by atoms with Crippen LogP contribution in [-0.2, 0) is 17.1 Å². The number of anilines is 1. The van der Waals surface area contributed by atoms with E-state index in [1.165, 1.54) is 25.1 Å². The van der Waals surface area contributed by atoms with Crippen LogP contribution in [0.1, 0.15) is 37.8 Å². The molecule has 2 aromatic rings. The molecule has 0 radical (unpaired) electrons. The van der Waals surface area contributed by atoms with Crippen molar-refractivity contribution in [2.24, 2.45) is 0 Å². The highest BCUT2D eigenvalue weighted by atomic mass is 35.5. The molecule has 0 saturated carbocycles. The average Bonchev–Trinajstić information content (AvgIpc) is 2.88. The summed E-state index contributed by atoms with van der Waals surface area (Å²) in [4.78, 5) is 0. The minimum atomic E-state index is -2.70. The monoisotopic (exact) mass is 568 g/mol. The molecule has 1 unspecified atom stereocenters. The van der Waals surface area contributed by atoms with Crippen LogP contribution in [0.15, 0.2) is 77.0 Å². The maximum absolute atomic E-state index is 14.1. The summed E-state index contributed by atoms with van der Waals surface area (Å²) >= 11 is 12.2. The van der Waals surface area contributed by atoms with E-state index in [1.807, 2.05) is 0 Å². The lowest BCUT2D eigenvalue weighted by molar-refractivity contribution is -0.171. The van der Waals surface area contributed by atoms with Gasteiger partial charge >= 0.3 is 0 Å². The van der Waals surface area contributed by atoms with Gasteiger partial charge in [0, 0.05) is 42.0 Å². The van der Waals surface area contributed by atoms with Gasteiger partial charge in [-0.05, 0) is 36.6 Å². The molecular formula is C29H33Cl2F3N2O2. The predicted molar refractivity (Wildman–Crippen MR) is 149 cm³/mol. The maximum atomic E-state index is 14.1. The van der Waals surface area contributed by atoms with Crippen molar-refractivity contribution in [2.75, 3.05) is 25.6 Å². The molecule has 1 atom stereocenters. The Hall–Kier alpha value is -2.61. The highest BCUT2D eigenvalue weighted by molar-refractivity contribution is 6.35. The van der Waals surface area contributed by atoms with Gasteiger partial charge in [-0.15, -0.1) is 0 Å². The molecule has 0 aliphatic carbocycles. The summed E-state index contributed by atoms with van der Waals surface area (Å²) in [6, 6.07) is 11.0. The van der Waals surface area contributed by atoms with Crippen molar-refractivity contribution in [3.63, 3.8) is 0 Å². The number of halogens is 5. The van der Waals surface area contributed by atoms with Gasteiger partial charge in [0.15, 0.2) is 17.2 Å². The zero-order valence-electron chi connectivity index (χ0n) is 21.7. The van der Waals surface area contributed by atoms with E-state index in [4.69, 9.17) is 32.7 Å². The van der Waals surface area contributed by atoms with Gasteiger partial charge in [-0.25, -0.2) is 13.2 Å². The largest absolute Gasteiger partial charge is 0.477 e. The number of dihydropyridines is 1. The second-order valence-electron chi connectivity index (χ2n) is 9.05. The molecule has 1 saturated heterocycles. The number of alkyl halides is 2. The number of hydrogen-bond donors (Lipinski definition) is 2. The van der Waals surface area contributed by atoms with Gasteiger partial charge in [-0.2, -0.15) is 0 Å². The van der Waals surface area contributed by atoms with E-state index in [9.17, 15) is 13.2 Å². The van der Waals surface area contributed by atoms with Crippen LogP contribution < -0.4 is 15.4 Å². The van der Waals surface area contributed by atoms with Gasteiger partial charge in [0.05, 0.1) is 18.2 Å². The Kier molecular flexibility index (Phi) is 10.6. The summed E-state index contributed by atoms with van der Waals surface area (Å²) in [5.74, 6) is -2.98. The highest BCUT2D eigenvalue weighted by Crippen LogP contribution is 2.36. The van der Waals surface area contributed by atoms with Gasteiger partial charge in [0.1, 0.15) is 6.04 Å². The fourth-order valence-electron chi connectivity index (χ4n) is 3.92. The Balaban J connectivity index is 0.000000223. The molecule has 9 heteroatoms. The summed E-state index contributed by atoms with van der Waals surface area (Å²) in [6.07, 6.45) is 9.09. The average molecular weight is 569 g/mol. The normalized spacial score (nSPS) is 18.4. The summed E-state index contributed by atoms with van der Waals surface area (Å²) in [6.45, 7) is 4.19. The first-order chi connectivity index (χ1) is 18.1. The van der Waals surface area contributed by atoms with E-state index in [0.29, 0.717) is 29.0 Å². The zero-order valence-corrected chi connectivity index (χ0v) is 23.2. The van der Waals surface area contributed by atoms with E-state index in [0.717, 1.165) is 18.4 Å². The van der Waals surface area contributed by atoms with E-state index >= 15 is 0 Å². The Morgan fingerprint density at radius 3 is 2.37 bits per heavy atom. The molecule has 1 fully saturated rings. The maximum Gasteiger partial charge on any atom is 0.273 e. The van der Waals surface area contributed by atoms with Crippen molar-refractivity contribution in [2.45, 2.75) is 50.7 Å². The minimum absolute atomic E-state index is 0.109. The quantitative estimate of drug-likeness (QED) is 0.302. The fourth-order valence-corrected chi connectivity index (χ4v) is 4.54. The smallest absolute Gasteiger partial charge is 0.273 e. The summed E-state index contributed by atoms with van der Waals surface area (Å²) in [5.41, 5.74) is 1.09. The second kappa shape index (κ2) is 13.5. The summed E-state index contributed by atoms with van der Waals surface area (Å²) < 4.78 is 52.0. The summed E-state index contributed by atoms with van der Waals surface area (Å²) in [7, 11) is 1.73. The Morgan fingerprint density at radius 2 is 1.84 bits per heavy atom. The Labute approximate surface area is 232 Å². The molecule has 0 bridgehead atoms. The first-order valence-electron chi connectivity index (χ1n) is 12.5. The highest BCUT2D eigenvalue weighted by Gasteiger charge is 2.50. The number of rotatable bonds is 9. The van der Waals surface area contributed by atoms with Gasteiger partial charge in [-0.1, -0.05) is 73.5 Å². The van der Waals surface area contributed by atoms with Crippen molar-refractivity contribution in [1.82, 2.24) is 5.32 Å². The molecule has 2 aliphatic heterocycles. The fraction of sp³-hybridized carbons (Fsp3) is 0.379. The molecule has 2 aromatic carbocycles. The van der Waals surface area contributed by atoms with Gasteiger partial charge in [0.25, 0.3) is 5.92 Å². The zero-order chi connectivity index (χ0) is 27.8. The lowest BCUT2D eigenvalue weighted by Crippen LogP contribution is -2.66. The number of allylic oxidation sites excluding steroid dienone is 4. The molecule has 4 rings (SSSR count). The van der Waals surface area contributed by atoms with Crippen molar-refractivity contribution in [1.29, 1.82) is 0 Å². The molecule has 2 N–H and O–H groups in total. The van der Waals surface area contributed by atoms with Gasteiger partial charge < -0.3 is 20.1 Å². The number of benzene rings is 2. The number of hydrogen-bond acceptors (Lipinski definition) is 4. The lowest BCUT2D eigenvalue weighted by Gasteiger charge is -2.47. The van der Waals surface area contributed by atoms with Crippen LogP contribution in [0.4, 0.5) is 18.9 Å². The summed E-state index contributed by atoms with van der Waals surface area (Å²) in [5, 5.41) is 6.97. The van der Waals surface area contributed by atoms with Crippen LogP contribution >= 0.6 is 23.2 Å². The van der Waals surface area contributed by atoms with Crippen LogP contribution in [0.5, 0.6) is 5.75 Å². The third kappa shape index (κ3) is 7.49. The van der Waals surface area contributed by atoms with E-state index in [2.05, 4.69) is 29.7 Å². The van der Waals surface area contributed by atoms with Crippen molar-refractivity contribution in [3.8, 4) is 5.75 Å². The molecule has 206 valence electrons. The van der Waals surface area contributed by atoms with Crippen LogP contribution in [-0.4, -0.2) is 31.9 Å². The first kappa shape index (κ1) is 29.9. The Bertz CT molecular complexity index is 1160. The standard InChI is InChI=1S/C15H15Cl2FN2O2.C14H18F2/c1-19-10-2-3-13(12(18)5-10)22-15(7-21-8-15)14-11(17)4-9(16)6-20-14;1-3-5-6-7-12-8-10-13(11-9-12)14(15,16)4-2/h2-6,14,19-20H,7-8H2,1H3;5-6,8-11H,3-4,7H2,1-2H3/b;6-5+. The third-order valence-electron chi connectivity index (χ3n) is 6.27. The lowest BCUT2D eigenvalue weighted by atomic mass is 9.90. The number of ether oxygens (including phenoxy) is 2.